The molecule has 1 aliphatic rings. The van der Waals surface area contributed by atoms with Gasteiger partial charge in [-0.05, 0) is 41.8 Å². The van der Waals surface area contributed by atoms with Gasteiger partial charge in [0, 0.05) is 26.3 Å². The van der Waals surface area contributed by atoms with Crippen LogP contribution in [0.2, 0.25) is 0 Å². The lowest BCUT2D eigenvalue weighted by molar-refractivity contribution is 0.0963. The number of pyridine rings is 1. The number of rotatable bonds is 3. The molecule has 2 heterocycles. The summed E-state index contributed by atoms with van der Waals surface area (Å²) < 4.78 is 0. The molecule has 2 aromatic rings. The molecule has 5 nitrogen and oxygen atoms in total. The van der Waals surface area contributed by atoms with Crippen LogP contribution in [0.5, 0.6) is 5.75 Å². The lowest BCUT2D eigenvalue weighted by Crippen LogP contribution is -2.32. The summed E-state index contributed by atoms with van der Waals surface area (Å²) >= 11 is 0. The van der Waals surface area contributed by atoms with E-state index in [4.69, 9.17) is 0 Å². The fourth-order valence-corrected chi connectivity index (χ4v) is 2.76. The Bertz CT molecular complexity index is 738. The molecular weight excluding hydrogens is 290 g/mol. The highest BCUT2D eigenvalue weighted by molar-refractivity contribution is 5.98. The van der Waals surface area contributed by atoms with Gasteiger partial charge >= 0.3 is 0 Å². The predicted molar refractivity (Wildman–Crippen MR) is 90.5 cm³/mol. The molecule has 1 amide bonds. The van der Waals surface area contributed by atoms with Gasteiger partial charge in [0.1, 0.15) is 11.6 Å². The molecule has 1 aromatic carbocycles. The minimum atomic E-state index is -0.124. The number of benzene rings is 1. The summed E-state index contributed by atoms with van der Waals surface area (Å²) in [6.45, 7) is 1.50. The van der Waals surface area contributed by atoms with Crippen LogP contribution in [0.4, 0.5) is 5.82 Å². The molecule has 3 rings (SSSR count). The van der Waals surface area contributed by atoms with Crippen LogP contribution in [0, 0.1) is 0 Å². The molecule has 0 bridgehead atoms. The normalized spacial score (nSPS) is 14.3. The summed E-state index contributed by atoms with van der Waals surface area (Å²) in [4.78, 5) is 18.5. The summed E-state index contributed by atoms with van der Waals surface area (Å²) in [6.07, 6.45) is 4.73. The molecule has 23 heavy (non-hydrogen) atoms. The van der Waals surface area contributed by atoms with Crippen molar-refractivity contribution in [2.75, 3.05) is 25.0 Å². The molecule has 0 saturated heterocycles. The van der Waals surface area contributed by atoms with Gasteiger partial charge in [-0.2, -0.15) is 0 Å². The van der Waals surface area contributed by atoms with Gasteiger partial charge in [-0.3, -0.25) is 4.79 Å². The van der Waals surface area contributed by atoms with Crippen LogP contribution in [0.15, 0.2) is 48.7 Å². The van der Waals surface area contributed by atoms with Gasteiger partial charge in [0.2, 0.25) is 0 Å². The molecule has 2 N–H and O–H groups in total. The summed E-state index contributed by atoms with van der Waals surface area (Å²) in [6, 6.07) is 10.8. The van der Waals surface area contributed by atoms with Gasteiger partial charge in [0.05, 0.1) is 5.56 Å². The van der Waals surface area contributed by atoms with Crippen molar-refractivity contribution in [3.8, 4) is 5.75 Å². The first-order valence-electron chi connectivity index (χ1n) is 7.59. The van der Waals surface area contributed by atoms with Crippen molar-refractivity contribution in [3.63, 3.8) is 0 Å². The van der Waals surface area contributed by atoms with Gasteiger partial charge in [-0.15, -0.1) is 0 Å². The number of phenolic OH excluding ortho intramolecular Hbond substituents is 1. The van der Waals surface area contributed by atoms with E-state index in [-0.39, 0.29) is 11.7 Å². The largest absolute Gasteiger partial charge is 0.508 e. The van der Waals surface area contributed by atoms with E-state index in [1.807, 2.05) is 12.1 Å². The van der Waals surface area contributed by atoms with E-state index in [2.05, 4.69) is 21.3 Å². The van der Waals surface area contributed by atoms with E-state index in [9.17, 15) is 9.90 Å². The molecule has 0 saturated carbocycles. The Hall–Kier alpha value is -2.82. The SMILES string of the molecule is CNC(=O)c1cccnc1N1CC=C(c2ccc(O)cc2)CC1. The maximum atomic E-state index is 12.0. The number of aromatic nitrogens is 1. The van der Waals surface area contributed by atoms with Crippen molar-refractivity contribution in [2.24, 2.45) is 0 Å². The molecule has 0 atom stereocenters. The van der Waals surface area contributed by atoms with Crippen LogP contribution in [-0.2, 0) is 0 Å². The molecule has 1 aliphatic heterocycles. The van der Waals surface area contributed by atoms with E-state index in [1.165, 1.54) is 5.57 Å². The van der Waals surface area contributed by atoms with E-state index in [0.29, 0.717) is 17.9 Å². The predicted octanol–water partition coefficient (Wildman–Crippen LogP) is 2.44. The van der Waals surface area contributed by atoms with Gasteiger partial charge in [-0.25, -0.2) is 4.98 Å². The molecule has 0 spiro atoms. The first-order valence-corrected chi connectivity index (χ1v) is 7.59. The third kappa shape index (κ3) is 3.18. The quantitative estimate of drug-likeness (QED) is 0.914. The van der Waals surface area contributed by atoms with Crippen LogP contribution < -0.4 is 10.2 Å². The Morgan fingerprint density at radius 3 is 2.70 bits per heavy atom. The third-order valence-electron chi connectivity index (χ3n) is 4.01. The minimum absolute atomic E-state index is 0.124. The number of carbonyl (C=O) groups excluding carboxylic acids is 1. The van der Waals surface area contributed by atoms with Crippen molar-refractivity contribution < 1.29 is 9.90 Å². The van der Waals surface area contributed by atoms with Crippen molar-refractivity contribution in [2.45, 2.75) is 6.42 Å². The monoisotopic (exact) mass is 309 g/mol. The number of hydrogen-bond donors (Lipinski definition) is 2. The number of aromatic hydroxyl groups is 1. The maximum absolute atomic E-state index is 12.0. The Kier molecular flexibility index (Phi) is 4.28. The zero-order chi connectivity index (χ0) is 16.2. The molecule has 0 radical (unpaired) electrons. The maximum Gasteiger partial charge on any atom is 0.254 e. The van der Waals surface area contributed by atoms with E-state index < -0.39 is 0 Å². The Morgan fingerprint density at radius 1 is 1.26 bits per heavy atom. The Labute approximate surface area is 135 Å². The number of nitrogens with zero attached hydrogens (tertiary/aromatic N) is 2. The van der Waals surface area contributed by atoms with Crippen molar-refractivity contribution in [1.82, 2.24) is 10.3 Å². The number of hydrogen-bond acceptors (Lipinski definition) is 4. The average molecular weight is 309 g/mol. The smallest absolute Gasteiger partial charge is 0.254 e. The highest BCUT2D eigenvalue weighted by Gasteiger charge is 2.19. The van der Waals surface area contributed by atoms with E-state index in [1.54, 1.807) is 37.5 Å². The van der Waals surface area contributed by atoms with Crippen molar-refractivity contribution in [3.05, 3.63) is 59.8 Å². The molecule has 0 fully saturated rings. The molecule has 1 aromatic heterocycles. The van der Waals surface area contributed by atoms with Gasteiger partial charge in [0.25, 0.3) is 5.91 Å². The second-order valence-corrected chi connectivity index (χ2v) is 5.43. The topological polar surface area (TPSA) is 65.5 Å². The summed E-state index contributed by atoms with van der Waals surface area (Å²) in [7, 11) is 1.62. The van der Waals surface area contributed by atoms with Crippen molar-refractivity contribution in [1.29, 1.82) is 0 Å². The van der Waals surface area contributed by atoms with Crippen LogP contribution in [-0.4, -0.2) is 36.1 Å². The number of amides is 1. The summed E-state index contributed by atoms with van der Waals surface area (Å²) in [5, 5.41) is 12.0. The number of anilines is 1. The fourth-order valence-electron chi connectivity index (χ4n) is 2.76. The van der Waals surface area contributed by atoms with Crippen LogP contribution in [0.1, 0.15) is 22.3 Å². The van der Waals surface area contributed by atoms with Crippen LogP contribution in [0.3, 0.4) is 0 Å². The molecule has 118 valence electrons. The second kappa shape index (κ2) is 6.52. The molecule has 0 unspecified atom stereocenters. The van der Waals surface area contributed by atoms with Crippen LogP contribution >= 0.6 is 0 Å². The molecule has 5 heteroatoms. The van der Waals surface area contributed by atoms with Gasteiger partial charge in [-0.1, -0.05) is 18.2 Å². The third-order valence-corrected chi connectivity index (χ3v) is 4.01. The first-order chi connectivity index (χ1) is 11.2. The molecule has 0 aliphatic carbocycles. The van der Waals surface area contributed by atoms with Crippen LogP contribution in [0.25, 0.3) is 5.57 Å². The zero-order valence-corrected chi connectivity index (χ0v) is 13.0. The highest BCUT2D eigenvalue weighted by Crippen LogP contribution is 2.27. The number of nitrogens with one attached hydrogen (secondary N) is 1. The van der Waals surface area contributed by atoms with E-state index in [0.717, 1.165) is 18.5 Å². The standard InChI is InChI=1S/C18H19N3O2/c1-19-18(23)16-3-2-10-20-17(16)21-11-8-14(9-12-21)13-4-6-15(22)7-5-13/h2-8,10,22H,9,11-12H2,1H3,(H,19,23). The zero-order valence-electron chi connectivity index (χ0n) is 13.0. The van der Waals surface area contributed by atoms with E-state index >= 15 is 0 Å². The summed E-state index contributed by atoms with van der Waals surface area (Å²) in [5.41, 5.74) is 2.96. The lowest BCUT2D eigenvalue weighted by atomic mass is 9.99. The Morgan fingerprint density at radius 2 is 2.04 bits per heavy atom. The highest BCUT2D eigenvalue weighted by atomic mass is 16.3. The second-order valence-electron chi connectivity index (χ2n) is 5.43. The van der Waals surface area contributed by atoms with Crippen molar-refractivity contribution >= 4 is 17.3 Å². The average Bonchev–Trinajstić information content (AvgIpc) is 2.62. The van der Waals surface area contributed by atoms with Gasteiger partial charge < -0.3 is 15.3 Å². The molecular formula is C18H19N3O2. The fraction of sp³-hybridized carbons (Fsp3) is 0.222. The minimum Gasteiger partial charge on any atom is -0.508 e. The first kappa shape index (κ1) is 15.1. The number of phenols is 1. The Balaban J connectivity index is 1.81. The lowest BCUT2D eigenvalue weighted by Gasteiger charge is -2.28. The summed E-state index contributed by atoms with van der Waals surface area (Å²) in [5.74, 6) is 0.866. The van der Waals surface area contributed by atoms with Gasteiger partial charge in [0.15, 0.2) is 0 Å². The number of carbonyl (C=O) groups is 1.